The highest BCUT2D eigenvalue weighted by Gasteiger charge is 2.60. The van der Waals surface area contributed by atoms with Gasteiger partial charge in [-0.25, -0.2) is 14.2 Å². The van der Waals surface area contributed by atoms with Gasteiger partial charge in [-0.05, 0) is 68.4 Å². The fourth-order valence-corrected chi connectivity index (χ4v) is 5.20. The van der Waals surface area contributed by atoms with Crippen molar-refractivity contribution in [2.45, 2.75) is 56.9 Å². The number of nitrogens with zero attached hydrogens (tertiary/aromatic N) is 2. The third-order valence-electron chi connectivity index (χ3n) is 7.12. The predicted molar refractivity (Wildman–Crippen MR) is 121 cm³/mol. The molecule has 1 aliphatic carbocycles. The molecule has 0 radical (unpaired) electrons. The van der Waals surface area contributed by atoms with Crippen LogP contribution in [0.4, 0.5) is 17.6 Å². The molecule has 2 N–H and O–H groups in total. The number of fused-ring (bicyclic) bond motifs is 1. The number of piperidine rings is 1. The van der Waals surface area contributed by atoms with Crippen LogP contribution in [-0.4, -0.2) is 20.6 Å². The largest absolute Gasteiger partial charge is 0.416 e. The summed E-state index contributed by atoms with van der Waals surface area (Å²) in [6, 6.07) is 8.21. The molecule has 2 fully saturated rings. The highest BCUT2D eigenvalue weighted by atomic mass is 19.4. The Bertz CT molecular complexity index is 1380. The van der Waals surface area contributed by atoms with Crippen LogP contribution in [0.3, 0.4) is 0 Å². The summed E-state index contributed by atoms with van der Waals surface area (Å²) in [4.78, 5) is 31.0. The van der Waals surface area contributed by atoms with Gasteiger partial charge in [-0.2, -0.15) is 13.2 Å². The van der Waals surface area contributed by atoms with Gasteiger partial charge in [0.1, 0.15) is 5.82 Å². The summed E-state index contributed by atoms with van der Waals surface area (Å²) < 4.78 is 53.6. The molecule has 3 heterocycles. The standard InChI is InChI=1S/C25H24F4N4O2/c1-14-20(26)8-9-21(30-14)19-13-33(23(35)31-22(19)34)10-2-3-18-11-17-12-24(17,32-18)15-4-6-16(7-5-15)25(27,28)29/h4-9,13,17-18,32H,2-3,10-12H2,1H3,(H,31,34,35)/t17-,18?,24-/m1/s1. The molecule has 0 spiro atoms. The number of rotatable bonds is 6. The molecule has 1 aliphatic heterocycles. The lowest BCUT2D eigenvalue weighted by Gasteiger charge is -2.20. The summed E-state index contributed by atoms with van der Waals surface area (Å²) in [6.45, 7) is 1.87. The van der Waals surface area contributed by atoms with Gasteiger partial charge in [0.2, 0.25) is 0 Å². The molecule has 1 aromatic carbocycles. The van der Waals surface area contributed by atoms with Crippen molar-refractivity contribution in [3.63, 3.8) is 0 Å². The van der Waals surface area contributed by atoms with Gasteiger partial charge in [-0.3, -0.25) is 14.3 Å². The average molecular weight is 488 g/mol. The number of nitrogens with one attached hydrogen (secondary N) is 2. The van der Waals surface area contributed by atoms with Crippen molar-refractivity contribution in [1.82, 2.24) is 19.9 Å². The Hall–Kier alpha value is -3.27. The van der Waals surface area contributed by atoms with Crippen molar-refractivity contribution < 1.29 is 17.6 Å². The van der Waals surface area contributed by atoms with E-state index in [0.717, 1.165) is 37.0 Å². The van der Waals surface area contributed by atoms with E-state index in [1.165, 1.54) is 29.8 Å². The van der Waals surface area contributed by atoms with Crippen LogP contribution < -0.4 is 16.6 Å². The van der Waals surface area contributed by atoms with E-state index in [1.807, 2.05) is 0 Å². The quantitative estimate of drug-likeness (QED) is 0.512. The van der Waals surface area contributed by atoms with Crippen LogP contribution >= 0.6 is 0 Å². The second-order valence-corrected chi connectivity index (χ2v) is 9.43. The summed E-state index contributed by atoms with van der Waals surface area (Å²) in [6.07, 6.45) is 0.357. The summed E-state index contributed by atoms with van der Waals surface area (Å²) in [5, 5.41) is 3.60. The monoisotopic (exact) mass is 488 g/mol. The number of hydrogen-bond donors (Lipinski definition) is 2. The van der Waals surface area contributed by atoms with E-state index in [1.54, 1.807) is 12.1 Å². The molecule has 5 rings (SSSR count). The number of halogens is 4. The van der Waals surface area contributed by atoms with E-state index < -0.39 is 28.8 Å². The molecule has 0 bridgehead atoms. The number of pyridine rings is 1. The molecular weight excluding hydrogens is 464 g/mol. The molecular formula is C25H24F4N4O2. The first kappa shape index (κ1) is 23.5. The summed E-state index contributed by atoms with van der Waals surface area (Å²) in [5.74, 6) is -0.0888. The first-order valence-electron chi connectivity index (χ1n) is 11.5. The van der Waals surface area contributed by atoms with Gasteiger partial charge in [0.05, 0.1) is 22.5 Å². The molecule has 2 aliphatic rings. The zero-order valence-electron chi connectivity index (χ0n) is 19.0. The minimum atomic E-state index is -4.35. The Morgan fingerprint density at radius 2 is 1.89 bits per heavy atom. The topological polar surface area (TPSA) is 79.8 Å². The molecule has 1 saturated heterocycles. The Labute approximate surface area is 198 Å². The Balaban J connectivity index is 1.23. The van der Waals surface area contributed by atoms with Crippen molar-refractivity contribution in [1.29, 1.82) is 0 Å². The minimum absolute atomic E-state index is 0.160. The lowest BCUT2D eigenvalue weighted by atomic mass is 10.0. The molecule has 3 aromatic rings. The second kappa shape index (κ2) is 8.44. The highest BCUT2D eigenvalue weighted by Crippen LogP contribution is 2.59. The van der Waals surface area contributed by atoms with Crippen LogP contribution in [0.15, 0.2) is 52.2 Å². The summed E-state index contributed by atoms with van der Waals surface area (Å²) >= 11 is 0. The van der Waals surface area contributed by atoms with Crippen LogP contribution in [0.25, 0.3) is 11.3 Å². The van der Waals surface area contributed by atoms with Gasteiger partial charge < -0.3 is 5.32 Å². The molecule has 0 amide bonds. The van der Waals surface area contributed by atoms with E-state index in [9.17, 15) is 27.2 Å². The number of aryl methyl sites for hydroxylation is 2. The lowest BCUT2D eigenvalue weighted by molar-refractivity contribution is -0.137. The first-order valence-corrected chi connectivity index (χ1v) is 11.5. The molecule has 6 nitrogen and oxygen atoms in total. The third kappa shape index (κ3) is 4.42. The number of H-pyrrole nitrogens is 1. The summed E-state index contributed by atoms with van der Waals surface area (Å²) in [5.41, 5.74) is -0.510. The number of benzene rings is 1. The maximum atomic E-state index is 13.5. The second-order valence-electron chi connectivity index (χ2n) is 9.43. The zero-order valence-corrected chi connectivity index (χ0v) is 19.0. The molecule has 10 heteroatoms. The Morgan fingerprint density at radius 3 is 2.57 bits per heavy atom. The van der Waals surface area contributed by atoms with Crippen molar-refractivity contribution in [2.24, 2.45) is 5.92 Å². The number of aromatic nitrogens is 3. The molecule has 1 unspecified atom stereocenters. The average Bonchev–Trinajstić information content (AvgIpc) is 3.38. The van der Waals surface area contributed by atoms with Gasteiger partial charge >= 0.3 is 11.9 Å². The third-order valence-corrected chi connectivity index (χ3v) is 7.12. The van der Waals surface area contributed by atoms with E-state index >= 15 is 0 Å². The van der Waals surface area contributed by atoms with E-state index in [4.69, 9.17) is 0 Å². The van der Waals surface area contributed by atoms with Gasteiger partial charge in [0, 0.05) is 24.3 Å². The van der Waals surface area contributed by atoms with Crippen LogP contribution in [0, 0.1) is 18.7 Å². The van der Waals surface area contributed by atoms with E-state index in [0.29, 0.717) is 18.9 Å². The SMILES string of the molecule is Cc1nc(-c2cn(CCCC3C[C@@H]4C[C@]4(c4ccc(C(F)(F)F)cc4)N3)c(=O)[nH]c2=O)ccc1F. The van der Waals surface area contributed by atoms with Crippen LogP contribution in [-0.2, 0) is 18.3 Å². The number of hydrogen-bond acceptors (Lipinski definition) is 4. The van der Waals surface area contributed by atoms with Gasteiger partial charge in [0.25, 0.3) is 5.56 Å². The van der Waals surface area contributed by atoms with Gasteiger partial charge in [-0.1, -0.05) is 12.1 Å². The first-order chi connectivity index (χ1) is 16.6. The van der Waals surface area contributed by atoms with Gasteiger partial charge in [0.15, 0.2) is 0 Å². The number of aromatic amines is 1. The molecule has 2 aromatic heterocycles. The highest BCUT2D eigenvalue weighted by molar-refractivity contribution is 5.56. The molecule has 1 saturated carbocycles. The van der Waals surface area contributed by atoms with Crippen molar-refractivity contribution in [2.75, 3.05) is 0 Å². The molecule has 35 heavy (non-hydrogen) atoms. The van der Waals surface area contributed by atoms with Crippen LogP contribution in [0.5, 0.6) is 0 Å². The zero-order chi connectivity index (χ0) is 25.0. The predicted octanol–water partition coefficient (Wildman–Crippen LogP) is 4.12. The maximum absolute atomic E-state index is 13.5. The van der Waals surface area contributed by atoms with Crippen molar-refractivity contribution in [3.05, 3.63) is 86.1 Å². The van der Waals surface area contributed by atoms with E-state index in [2.05, 4.69) is 15.3 Å². The van der Waals surface area contributed by atoms with Crippen LogP contribution in [0.1, 0.15) is 42.5 Å². The van der Waals surface area contributed by atoms with Crippen LogP contribution in [0.2, 0.25) is 0 Å². The fraction of sp³-hybridized carbons (Fsp3) is 0.400. The van der Waals surface area contributed by atoms with Crippen molar-refractivity contribution >= 4 is 0 Å². The molecule has 184 valence electrons. The molecule has 3 atom stereocenters. The minimum Gasteiger partial charge on any atom is -0.304 e. The normalized spacial score (nSPS) is 23.3. The Kier molecular flexibility index (Phi) is 5.66. The fourth-order valence-electron chi connectivity index (χ4n) is 5.20. The summed E-state index contributed by atoms with van der Waals surface area (Å²) in [7, 11) is 0. The van der Waals surface area contributed by atoms with Gasteiger partial charge in [-0.15, -0.1) is 0 Å². The number of alkyl halides is 3. The van der Waals surface area contributed by atoms with E-state index in [-0.39, 0.29) is 28.5 Å². The van der Waals surface area contributed by atoms with Crippen molar-refractivity contribution in [3.8, 4) is 11.3 Å². The lowest BCUT2D eigenvalue weighted by Crippen LogP contribution is -2.34. The Morgan fingerprint density at radius 1 is 1.14 bits per heavy atom. The maximum Gasteiger partial charge on any atom is 0.416 e. The smallest absolute Gasteiger partial charge is 0.304 e.